The van der Waals surface area contributed by atoms with Crippen LogP contribution in [0.4, 0.5) is 4.39 Å². The fraction of sp³-hybridized carbons (Fsp3) is 0. The van der Waals surface area contributed by atoms with Gasteiger partial charge in [-0.3, -0.25) is 0 Å². The number of fused-ring (bicyclic) bond motifs is 1. The number of pyridine rings is 1. The Kier molecular flexibility index (Phi) is 3.96. The van der Waals surface area contributed by atoms with Crippen molar-refractivity contribution in [1.82, 2.24) is 19.7 Å². The lowest BCUT2D eigenvalue weighted by atomic mass is 10.1. The third kappa shape index (κ3) is 2.94. The van der Waals surface area contributed by atoms with Gasteiger partial charge in [0.15, 0.2) is 0 Å². The maximum Gasteiger partial charge on any atom is 0.149 e. The molecule has 2 heterocycles. The van der Waals surface area contributed by atoms with Crippen molar-refractivity contribution in [3.63, 3.8) is 0 Å². The van der Waals surface area contributed by atoms with Crippen LogP contribution in [0, 0.1) is 17.1 Å². The quantitative estimate of drug-likeness (QED) is 0.528. The Morgan fingerprint density at radius 2 is 2.00 bits per heavy atom. The summed E-state index contributed by atoms with van der Waals surface area (Å²) >= 11 is 0. The van der Waals surface area contributed by atoms with Gasteiger partial charge in [0.05, 0.1) is 16.8 Å². The van der Waals surface area contributed by atoms with Crippen LogP contribution >= 0.6 is 0 Å². The first-order valence-corrected chi connectivity index (χ1v) is 7.87. The van der Waals surface area contributed by atoms with Crippen LogP contribution in [-0.4, -0.2) is 19.7 Å². The summed E-state index contributed by atoms with van der Waals surface area (Å²) in [6.07, 6.45) is 4.38. The fourth-order valence-electron chi connectivity index (χ4n) is 2.68. The molecule has 0 aliphatic rings. The van der Waals surface area contributed by atoms with E-state index < -0.39 is 5.82 Å². The lowest BCUT2D eigenvalue weighted by Gasteiger charge is -2.05. The molecule has 0 amide bonds. The lowest BCUT2D eigenvalue weighted by Crippen LogP contribution is -1.98. The van der Waals surface area contributed by atoms with Crippen LogP contribution in [0.15, 0.2) is 67.3 Å². The molecule has 0 aliphatic heterocycles. The number of hydrogen-bond acceptors (Lipinski definition) is 4. The summed E-state index contributed by atoms with van der Waals surface area (Å²) in [7, 11) is 0. The molecule has 0 aliphatic carbocycles. The van der Waals surface area contributed by atoms with Crippen LogP contribution in [0.5, 0.6) is 0 Å². The first-order chi connectivity index (χ1) is 12.7. The molecule has 6 heteroatoms. The highest BCUT2D eigenvalue weighted by atomic mass is 19.1. The Morgan fingerprint density at radius 1 is 1.12 bits per heavy atom. The molecule has 2 aromatic heterocycles. The van der Waals surface area contributed by atoms with Gasteiger partial charge < -0.3 is 0 Å². The second-order valence-electron chi connectivity index (χ2n) is 5.61. The van der Waals surface area contributed by atoms with E-state index in [1.807, 2.05) is 30.3 Å². The van der Waals surface area contributed by atoms with Crippen molar-refractivity contribution in [1.29, 1.82) is 5.26 Å². The Hall–Kier alpha value is -3.85. The zero-order valence-corrected chi connectivity index (χ0v) is 13.5. The number of para-hydroxylation sites is 1. The largest absolute Gasteiger partial charge is 0.247 e. The number of rotatable bonds is 3. The molecule has 0 radical (unpaired) electrons. The maximum atomic E-state index is 14.4. The third-order valence-corrected chi connectivity index (χ3v) is 3.94. The van der Waals surface area contributed by atoms with E-state index in [1.165, 1.54) is 23.4 Å². The molecule has 0 bridgehead atoms. The number of hydrogen-bond donors (Lipinski definition) is 0. The normalized spacial score (nSPS) is 11.5. The summed E-state index contributed by atoms with van der Waals surface area (Å²) in [6, 6.07) is 18.2. The predicted octanol–water partition coefficient (Wildman–Crippen LogP) is 4.02. The second kappa shape index (κ2) is 6.57. The minimum atomic E-state index is -0.451. The molecule has 26 heavy (non-hydrogen) atoms. The van der Waals surface area contributed by atoms with Gasteiger partial charge in [-0.05, 0) is 35.9 Å². The number of allylic oxidation sites excluding steroid dienone is 1. The van der Waals surface area contributed by atoms with Gasteiger partial charge >= 0.3 is 0 Å². The van der Waals surface area contributed by atoms with Gasteiger partial charge in [-0.1, -0.05) is 30.3 Å². The first kappa shape index (κ1) is 15.7. The van der Waals surface area contributed by atoms with Crippen LogP contribution in [0.3, 0.4) is 0 Å². The van der Waals surface area contributed by atoms with Gasteiger partial charge in [-0.2, -0.15) is 10.4 Å². The minimum Gasteiger partial charge on any atom is -0.247 e. The average molecular weight is 341 g/mol. The van der Waals surface area contributed by atoms with E-state index in [0.29, 0.717) is 22.5 Å². The molecular weight excluding hydrogens is 329 g/mol. The summed E-state index contributed by atoms with van der Waals surface area (Å²) in [5.41, 5.74) is 2.58. The van der Waals surface area contributed by atoms with Crippen molar-refractivity contribution >= 4 is 22.6 Å². The van der Waals surface area contributed by atoms with E-state index >= 15 is 0 Å². The Labute approximate surface area is 148 Å². The van der Waals surface area contributed by atoms with E-state index in [4.69, 9.17) is 0 Å². The van der Waals surface area contributed by atoms with Crippen LogP contribution in [0.2, 0.25) is 0 Å². The lowest BCUT2D eigenvalue weighted by molar-refractivity contribution is 0.610. The second-order valence-corrected chi connectivity index (χ2v) is 5.61. The van der Waals surface area contributed by atoms with E-state index in [0.717, 1.165) is 10.9 Å². The third-order valence-electron chi connectivity index (χ3n) is 3.94. The molecule has 5 nitrogen and oxygen atoms in total. The maximum absolute atomic E-state index is 14.4. The summed E-state index contributed by atoms with van der Waals surface area (Å²) < 4.78 is 15.7. The van der Waals surface area contributed by atoms with Crippen LogP contribution < -0.4 is 0 Å². The molecule has 0 N–H and O–H groups in total. The molecule has 0 fully saturated rings. The Morgan fingerprint density at radius 3 is 2.77 bits per heavy atom. The van der Waals surface area contributed by atoms with Crippen molar-refractivity contribution in [2.45, 2.75) is 0 Å². The molecule has 4 rings (SSSR count). The fourth-order valence-corrected chi connectivity index (χ4v) is 2.68. The molecule has 4 aromatic rings. The van der Waals surface area contributed by atoms with E-state index in [9.17, 15) is 9.65 Å². The van der Waals surface area contributed by atoms with Gasteiger partial charge in [-0.15, -0.1) is 0 Å². The van der Waals surface area contributed by atoms with Crippen molar-refractivity contribution < 1.29 is 4.39 Å². The van der Waals surface area contributed by atoms with Crippen LogP contribution in [0.1, 0.15) is 11.3 Å². The van der Waals surface area contributed by atoms with Crippen LogP contribution in [0.25, 0.3) is 28.2 Å². The van der Waals surface area contributed by atoms with Crippen molar-refractivity contribution in [2.24, 2.45) is 0 Å². The topological polar surface area (TPSA) is 67.4 Å². The van der Waals surface area contributed by atoms with Crippen LogP contribution in [-0.2, 0) is 0 Å². The van der Waals surface area contributed by atoms with E-state index in [1.54, 1.807) is 24.3 Å². The molecule has 124 valence electrons. The summed E-state index contributed by atoms with van der Waals surface area (Å²) in [5.74, 6) is -0.451. The van der Waals surface area contributed by atoms with Gasteiger partial charge in [0.25, 0.3) is 0 Å². The standard InChI is InChI=1S/C20H12FN5/c21-17-10-14(5-8-20(17)26-13-23-12-24-26)9-16(11-22)19-7-6-15-3-1-2-4-18(15)25-19/h1-10,12-13H/b16-9+. The van der Waals surface area contributed by atoms with E-state index in [-0.39, 0.29) is 0 Å². The predicted molar refractivity (Wildman–Crippen MR) is 96.5 cm³/mol. The highest BCUT2D eigenvalue weighted by molar-refractivity contribution is 5.90. The average Bonchev–Trinajstić information content (AvgIpc) is 3.20. The smallest absolute Gasteiger partial charge is 0.149 e. The molecule has 0 atom stereocenters. The Balaban J connectivity index is 1.73. The van der Waals surface area contributed by atoms with Crippen molar-refractivity contribution in [2.75, 3.05) is 0 Å². The van der Waals surface area contributed by atoms with Gasteiger partial charge in [0, 0.05) is 5.39 Å². The zero-order chi connectivity index (χ0) is 17.9. The van der Waals surface area contributed by atoms with E-state index in [2.05, 4.69) is 21.1 Å². The monoisotopic (exact) mass is 341 g/mol. The highest BCUT2D eigenvalue weighted by Crippen LogP contribution is 2.21. The molecule has 0 saturated carbocycles. The molecule has 0 saturated heterocycles. The number of aromatic nitrogens is 4. The molecule has 0 spiro atoms. The minimum absolute atomic E-state index is 0.294. The van der Waals surface area contributed by atoms with Gasteiger partial charge in [0.2, 0.25) is 0 Å². The first-order valence-electron chi connectivity index (χ1n) is 7.87. The van der Waals surface area contributed by atoms with Gasteiger partial charge in [0.1, 0.15) is 30.2 Å². The number of nitrogens with zero attached hydrogens (tertiary/aromatic N) is 5. The number of halogens is 1. The zero-order valence-electron chi connectivity index (χ0n) is 13.5. The van der Waals surface area contributed by atoms with Crippen molar-refractivity contribution in [3.05, 3.63) is 84.3 Å². The van der Waals surface area contributed by atoms with Gasteiger partial charge in [-0.25, -0.2) is 19.0 Å². The Bertz CT molecular complexity index is 1160. The van der Waals surface area contributed by atoms with Crippen molar-refractivity contribution in [3.8, 4) is 11.8 Å². The summed E-state index contributed by atoms with van der Waals surface area (Å²) in [6.45, 7) is 0. The summed E-state index contributed by atoms with van der Waals surface area (Å²) in [5, 5.41) is 14.4. The molecule has 2 aromatic carbocycles. The number of benzene rings is 2. The highest BCUT2D eigenvalue weighted by Gasteiger charge is 2.08. The SMILES string of the molecule is N#C/C(=C\c1ccc(-n2cncn2)c(F)c1)c1ccc2ccccc2n1. The summed E-state index contributed by atoms with van der Waals surface area (Å²) in [4.78, 5) is 8.33. The molecule has 0 unspecified atom stereocenters. The number of nitriles is 1. The molecular formula is C20H12FN5.